The highest BCUT2D eigenvalue weighted by Crippen LogP contribution is 2.13. The Bertz CT molecular complexity index is 889. The van der Waals surface area contributed by atoms with Crippen LogP contribution < -0.4 is 15.4 Å². The van der Waals surface area contributed by atoms with Crippen LogP contribution in [0.3, 0.4) is 0 Å². The van der Waals surface area contributed by atoms with Crippen molar-refractivity contribution in [2.24, 2.45) is 0 Å². The Morgan fingerprint density at radius 3 is 2.32 bits per heavy atom. The molecule has 0 fully saturated rings. The topological polar surface area (TPSA) is 63.2 Å². The van der Waals surface area contributed by atoms with Gasteiger partial charge in [0.2, 0.25) is 5.91 Å². The Kier molecular flexibility index (Phi) is 6.63. The number of hydrogen-bond acceptors (Lipinski definition) is 4. The van der Waals surface area contributed by atoms with E-state index in [4.69, 9.17) is 4.74 Å². The van der Waals surface area contributed by atoms with Crippen LogP contribution in [0.15, 0.2) is 66.9 Å². The molecule has 0 aliphatic rings. The molecule has 0 bridgehead atoms. The molecule has 1 aromatic heterocycles. The normalized spacial score (nSPS) is 10.4. The molecule has 0 saturated carbocycles. The van der Waals surface area contributed by atoms with Gasteiger partial charge in [-0.05, 0) is 48.7 Å². The number of nitrogens with one attached hydrogen (secondary N) is 2. The Balaban J connectivity index is 1.44. The number of nitrogens with zero attached hydrogens (tertiary/aromatic N) is 1. The molecule has 3 rings (SSSR count). The fourth-order valence-electron chi connectivity index (χ4n) is 2.80. The van der Waals surface area contributed by atoms with E-state index in [1.54, 1.807) is 13.3 Å². The van der Waals surface area contributed by atoms with Crippen LogP contribution in [0, 0.1) is 6.92 Å². The minimum atomic E-state index is -0.0501. The number of rotatable bonds is 8. The van der Waals surface area contributed by atoms with Crippen molar-refractivity contribution in [2.75, 3.05) is 24.3 Å². The second-order valence-corrected chi connectivity index (χ2v) is 6.67. The molecule has 2 aromatic carbocycles. The van der Waals surface area contributed by atoms with Gasteiger partial charge in [0.05, 0.1) is 25.4 Å². The maximum absolute atomic E-state index is 12.2. The molecule has 0 spiro atoms. The number of carbonyl (C=O) groups is 1. The summed E-state index contributed by atoms with van der Waals surface area (Å²) >= 11 is 0. The number of aryl methyl sites for hydroxylation is 1. The summed E-state index contributed by atoms with van der Waals surface area (Å²) in [4.78, 5) is 16.5. The zero-order valence-electron chi connectivity index (χ0n) is 16.2. The lowest BCUT2D eigenvalue weighted by molar-refractivity contribution is -0.115. The fraction of sp³-hybridized carbons (Fsp3) is 0.217. The van der Waals surface area contributed by atoms with Crippen molar-refractivity contribution in [3.05, 3.63) is 83.6 Å². The number of amides is 1. The first-order valence-corrected chi connectivity index (χ1v) is 9.30. The molecule has 28 heavy (non-hydrogen) atoms. The first-order chi connectivity index (χ1) is 13.6. The van der Waals surface area contributed by atoms with Crippen molar-refractivity contribution >= 4 is 17.4 Å². The smallest absolute Gasteiger partial charge is 0.228 e. The van der Waals surface area contributed by atoms with Crippen LogP contribution in [0.5, 0.6) is 5.75 Å². The van der Waals surface area contributed by atoms with E-state index < -0.39 is 0 Å². The number of benzene rings is 2. The number of aromatic nitrogens is 1. The van der Waals surface area contributed by atoms with E-state index in [2.05, 4.69) is 27.8 Å². The standard InChI is InChI=1S/C23H25N3O2/c1-17-3-5-19(6-4-17)15-23(27)26-20-9-12-22(25-16-20)24-14-13-18-7-10-21(28-2)11-8-18/h3-12,16H,13-15H2,1-2H3,(H,24,25)(H,26,27). The van der Waals surface area contributed by atoms with Crippen LogP contribution in [0.4, 0.5) is 11.5 Å². The summed E-state index contributed by atoms with van der Waals surface area (Å²) in [6.45, 7) is 2.81. The average molecular weight is 375 g/mol. The van der Waals surface area contributed by atoms with E-state index in [1.807, 2.05) is 55.5 Å². The van der Waals surface area contributed by atoms with E-state index in [-0.39, 0.29) is 5.91 Å². The Morgan fingerprint density at radius 1 is 0.964 bits per heavy atom. The van der Waals surface area contributed by atoms with E-state index in [1.165, 1.54) is 11.1 Å². The van der Waals surface area contributed by atoms with Crippen LogP contribution in [0.2, 0.25) is 0 Å². The molecule has 5 heteroatoms. The first kappa shape index (κ1) is 19.4. The summed E-state index contributed by atoms with van der Waals surface area (Å²) in [6.07, 6.45) is 2.91. The largest absolute Gasteiger partial charge is 0.497 e. The number of ether oxygens (including phenoxy) is 1. The summed E-state index contributed by atoms with van der Waals surface area (Å²) in [5.74, 6) is 1.59. The zero-order valence-corrected chi connectivity index (χ0v) is 16.2. The first-order valence-electron chi connectivity index (χ1n) is 9.30. The summed E-state index contributed by atoms with van der Waals surface area (Å²) in [7, 11) is 1.66. The van der Waals surface area contributed by atoms with Gasteiger partial charge in [-0.15, -0.1) is 0 Å². The summed E-state index contributed by atoms with van der Waals surface area (Å²) < 4.78 is 5.16. The highest BCUT2D eigenvalue weighted by Gasteiger charge is 2.05. The predicted molar refractivity (Wildman–Crippen MR) is 113 cm³/mol. The van der Waals surface area contributed by atoms with Gasteiger partial charge >= 0.3 is 0 Å². The van der Waals surface area contributed by atoms with Crippen LogP contribution in [0.25, 0.3) is 0 Å². The summed E-state index contributed by atoms with van der Waals surface area (Å²) in [5.41, 5.74) is 4.10. The van der Waals surface area contributed by atoms with Gasteiger partial charge in [0.15, 0.2) is 0 Å². The lowest BCUT2D eigenvalue weighted by Gasteiger charge is -2.08. The lowest BCUT2D eigenvalue weighted by Crippen LogP contribution is -2.14. The predicted octanol–water partition coefficient (Wildman–Crippen LogP) is 4.23. The maximum Gasteiger partial charge on any atom is 0.228 e. The molecule has 0 saturated heterocycles. The van der Waals surface area contributed by atoms with Gasteiger partial charge in [-0.1, -0.05) is 42.0 Å². The number of pyridine rings is 1. The summed E-state index contributed by atoms with van der Waals surface area (Å²) in [5, 5.41) is 6.18. The van der Waals surface area contributed by atoms with Crippen LogP contribution in [0.1, 0.15) is 16.7 Å². The van der Waals surface area contributed by atoms with Crippen molar-refractivity contribution in [1.29, 1.82) is 0 Å². The minimum Gasteiger partial charge on any atom is -0.497 e. The SMILES string of the molecule is COc1ccc(CCNc2ccc(NC(=O)Cc3ccc(C)cc3)cn2)cc1. The van der Waals surface area contributed by atoms with E-state index in [0.717, 1.165) is 30.1 Å². The Hall–Kier alpha value is -3.34. The number of methoxy groups -OCH3 is 1. The van der Waals surface area contributed by atoms with Gasteiger partial charge in [-0.25, -0.2) is 4.98 Å². The van der Waals surface area contributed by atoms with Gasteiger partial charge in [0, 0.05) is 6.54 Å². The minimum absolute atomic E-state index is 0.0501. The molecule has 3 aromatic rings. The van der Waals surface area contributed by atoms with Crippen molar-refractivity contribution in [3.63, 3.8) is 0 Å². The molecule has 1 amide bonds. The molecule has 0 aliphatic carbocycles. The van der Waals surface area contributed by atoms with Crippen LogP contribution in [-0.4, -0.2) is 24.5 Å². The number of carbonyl (C=O) groups excluding carboxylic acids is 1. The Morgan fingerprint density at radius 2 is 1.68 bits per heavy atom. The zero-order chi connectivity index (χ0) is 19.8. The second-order valence-electron chi connectivity index (χ2n) is 6.67. The third-order valence-electron chi connectivity index (χ3n) is 4.41. The van der Waals surface area contributed by atoms with Crippen molar-refractivity contribution < 1.29 is 9.53 Å². The van der Waals surface area contributed by atoms with Gasteiger partial charge in [0.1, 0.15) is 11.6 Å². The van der Waals surface area contributed by atoms with Crippen LogP contribution >= 0.6 is 0 Å². The summed E-state index contributed by atoms with van der Waals surface area (Å²) in [6, 6.07) is 19.7. The lowest BCUT2D eigenvalue weighted by atomic mass is 10.1. The number of hydrogen-bond donors (Lipinski definition) is 2. The Labute approximate surface area is 165 Å². The van der Waals surface area contributed by atoms with Gasteiger partial charge in [0.25, 0.3) is 0 Å². The van der Waals surface area contributed by atoms with Gasteiger partial charge in [-0.3, -0.25) is 4.79 Å². The highest BCUT2D eigenvalue weighted by atomic mass is 16.5. The monoisotopic (exact) mass is 375 g/mol. The second kappa shape index (κ2) is 9.55. The quantitative estimate of drug-likeness (QED) is 0.618. The molecule has 2 N–H and O–H groups in total. The highest BCUT2D eigenvalue weighted by molar-refractivity contribution is 5.92. The van der Waals surface area contributed by atoms with E-state index in [9.17, 15) is 4.79 Å². The molecule has 0 aliphatic heterocycles. The number of anilines is 2. The third-order valence-corrected chi connectivity index (χ3v) is 4.41. The van der Waals surface area contributed by atoms with Crippen molar-refractivity contribution in [3.8, 4) is 5.75 Å². The molecule has 0 atom stereocenters. The maximum atomic E-state index is 12.2. The molecule has 5 nitrogen and oxygen atoms in total. The molecular weight excluding hydrogens is 350 g/mol. The van der Waals surface area contributed by atoms with Crippen molar-refractivity contribution in [1.82, 2.24) is 4.98 Å². The average Bonchev–Trinajstić information content (AvgIpc) is 2.71. The molecule has 144 valence electrons. The third kappa shape index (κ3) is 5.84. The van der Waals surface area contributed by atoms with Gasteiger partial charge in [-0.2, -0.15) is 0 Å². The molecule has 0 unspecified atom stereocenters. The van der Waals surface area contributed by atoms with Crippen molar-refractivity contribution in [2.45, 2.75) is 19.8 Å². The van der Waals surface area contributed by atoms with Crippen LogP contribution in [-0.2, 0) is 17.6 Å². The molecular formula is C23H25N3O2. The van der Waals surface area contributed by atoms with Gasteiger partial charge < -0.3 is 15.4 Å². The van der Waals surface area contributed by atoms with E-state index >= 15 is 0 Å². The fourth-order valence-corrected chi connectivity index (χ4v) is 2.80. The molecule has 1 heterocycles. The van der Waals surface area contributed by atoms with E-state index in [0.29, 0.717) is 12.1 Å². The molecule has 0 radical (unpaired) electrons.